The fraction of sp³-hybridized carbons (Fsp3) is 0.410. The number of unbranched alkanes of at least 4 members (excludes halogenated alkanes) is 4. The van der Waals surface area contributed by atoms with Gasteiger partial charge in [-0.1, -0.05) is 64.8 Å². The highest BCUT2D eigenvalue weighted by molar-refractivity contribution is 6.14. The van der Waals surface area contributed by atoms with Gasteiger partial charge in [-0.2, -0.15) is 0 Å². The molecule has 0 aromatic heterocycles. The number of imide groups is 2. The summed E-state index contributed by atoms with van der Waals surface area (Å²) in [5.74, 6) is -3.75. The van der Waals surface area contributed by atoms with Gasteiger partial charge in [0.05, 0.1) is 61.5 Å². The van der Waals surface area contributed by atoms with E-state index in [-0.39, 0.29) is 98.2 Å². The molecule has 558 valence electrons. The number of nitrogens with zero attached hydrogens (tertiary/aromatic N) is 6. The van der Waals surface area contributed by atoms with Crippen molar-refractivity contribution in [2.75, 3.05) is 51.2 Å². The van der Waals surface area contributed by atoms with E-state index in [0.717, 1.165) is 32.1 Å². The highest BCUT2D eigenvalue weighted by atomic mass is 16.5. The predicted molar refractivity (Wildman–Crippen MR) is 395 cm³/mol. The Morgan fingerprint density at radius 1 is 0.509 bits per heavy atom. The Balaban J connectivity index is 0.660. The first-order chi connectivity index (χ1) is 50.7. The van der Waals surface area contributed by atoms with Crippen LogP contribution in [-0.4, -0.2) is 179 Å². The SMILES string of the molecule is COc1cc2c(cc1OCCCOc1cc3c(cc1OC)C(=O)N1C=C(c4ccc(NC(=O)[C@H](C)NC(=O)[C@@H](NC(=O)CCCCCN5C(=O)C=CC5=O)C(C)C)cc4)C[C@@]1(C)C=N3)N=C[C@@H]1CC(c3ccc(NC(=O)[C@H](C)NC(=O)[C@@H](NC(=O)CCCCCN4C(=O)C=CC4=O)C(C)C)cc3)=CN1C2=O. The zero-order valence-corrected chi connectivity index (χ0v) is 60.9. The van der Waals surface area contributed by atoms with E-state index in [1.807, 2.05) is 31.2 Å². The quantitative estimate of drug-likeness (QED) is 0.0190. The van der Waals surface area contributed by atoms with Gasteiger partial charge in [0.2, 0.25) is 35.4 Å². The Morgan fingerprint density at radius 2 is 0.953 bits per heavy atom. The number of fused-ring (bicyclic) bond motifs is 4. The molecule has 0 spiro atoms. The lowest BCUT2D eigenvalue weighted by molar-refractivity contribution is -0.138. The summed E-state index contributed by atoms with van der Waals surface area (Å²) in [6, 6.07) is 16.8. The van der Waals surface area contributed by atoms with Gasteiger partial charge in [-0.15, -0.1) is 0 Å². The van der Waals surface area contributed by atoms with Crippen molar-refractivity contribution in [3.63, 3.8) is 0 Å². The summed E-state index contributed by atoms with van der Waals surface area (Å²) in [5.41, 5.74) is 4.91. The van der Waals surface area contributed by atoms with E-state index in [0.29, 0.717) is 115 Å². The molecule has 0 saturated heterocycles. The molecule has 28 nitrogen and oxygen atoms in total. The third-order valence-electron chi connectivity index (χ3n) is 19.1. The van der Waals surface area contributed by atoms with Crippen molar-refractivity contribution in [2.45, 2.75) is 155 Å². The van der Waals surface area contributed by atoms with Crippen LogP contribution in [0.2, 0.25) is 0 Å². The molecule has 6 aliphatic rings. The van der Waals surface area contributed by atoms with Gasteiger partial charge in [-0.05, 0) is 117 Å². The highest BCUT2D eigenvalue weighted by Crippen LogP contribution is 2.45. The Bertz CT molecular complexity index is 4270. The summed E-state index contributed by atoms with van der Waals surface area (Å²) in [5, 5.41) is 16.7. The van der Waals surface area contributed by atoms with Gasteiger partial charge in [-0.25, -0.2) is 0 Å². The molecule has 12 amide bonds. The number of amides is 12. The maximum Gasteiger partial charge on any atom is 0.260 e. The van der Waals surface area contributed by atoms with Gasteiger partial charge in [0.1, 0.15) is 24.2 Å². The lowest BCUT2D eigenvalue weighted by Gasteiger charge is -2.29. The Morgan fingerprint density at radius 3 is 1.41 bits per heavy atom. The Labute approximate surface area is 614 Å². The minimum absolute atomic E-state index is 0.147. The minimum Gasteiger partial charge on any atom is -0.493 e. The normalized spacial score (nSPS) is 18.1. The molecular weight excluding hydrogens is 1360 g/mol. The van der Waals surface area contributed by atoms with Crippen LogP contribution in [0.3, 0.4) is 0 Å². The van der Waals surface area contributed by atoms with Crippen LogP contribution >= 0.6 is 0 Å². The molecule has 4 aromatic rings. The topological polar surface area (TPSA) is 352 Å². The second-order valence-corrected chi connectivity index (χ2v) is 27.7. The third-order valence-corrected chi connectivity index (χ3v) is 19.1. The summed E-state index contributed by atoms with van der Waals surface area (Å²) < 4.78 is 23.9. The molecule has 6 heterocycles. The van der Waals surface area contributed by atoms with Crippen molar-refractivity contribution >= 4 is 117 Å². The number of carbonyl (C=O) groups is 12. The van der Waals surface area contributed by atoms with Crippen molar-refractivity contribution in [2.24, 2.45) is 21.8 Å². The molecule has 10 rings (SSSR count). The van der Waals surface area contributed by atoms with Crippen LogP contribution < -0.4 is 50.8 Å². The van der Waals surface area contributed by atoms with Gasteiger partial charge >= 0.3 is 0 Å². The number of nitrogens with one attached hydrogen (secondary N) is 6. The lowest BCUT2D eigenvalue weighted by Crippen LogP contribution is -2.53. The first kappa shape index (κ1) is 77.0. The summed E-state index contributed by atoms with van der Waals surface area (Å²) in [6.07, 6.45) is 16.9. The molecule has 0 fully saturated rings. The molecule has 0 unspecified atom stereocenters. The van der Waals surface area contributed by atoms with E-state index in [4.69, 9.17) is 28.9 Å². The van der Waals surface area contributed by atoms with E-state index in [1.165, 1.54) is 38.5 Å². The first-order valence-corrected chi connectivity index (χ1v) is 35.7. The third kappa shape index (κ3) is 18.5. The Hall–Kier alpha value is -11.6. The molecule has 6 N–H and O–H groups in total. The van der Waals surface area contributed by atoms with Crippen LogP contribution in [0.4, 0.5) is 22.7 Å². The molecule has 0 saturated carbocycles. The average Bonchev–Trinajstić information content (AvgIpc) is 1.60. The minimum atomic E-state index is -0.951. The van der Waals surface area contributed by atoms with Crippen LogP contribution in [0.5, 0.6) is 23.0 Å². The zero-order chi connectivity index (χ0) is 76.1. The summed E-state index contributed by atoms with van der Waals surface area (Å²) in [7, 11) is 2.97. The standard InChI is InChI=1S/C78H90N12O16/c1-45(2)70(85-64(91)17-12-10-14-31-87-66(93)27-28-67(87)94)74(99)81-47(5)72(97)83-53-23-19-49(20-24-53)51-35-55-41-79-58-38-62(60(103-8)36-56(58)76(101)89(55)42-51)105-33-16-34-106-63-39-59-57(37-61(63)104-9)77(102)90-43-52(40-78(90,7)44-80-59)50-21-25-54(26-22-50)84-73(98)48(6)82-75(100)71(46(3)4)86-65(92)18-13-11-15-32-88-68(95)29-30-69(88)96/h19-30,36-39,41-48,55,70-71H,10-18,31-35,40H2,1-9H3,(H,81,99)(H,82,100)(H,83,97)(H,84,98)(H,85,91)(H,86,92)/t47-,48-,55-,70-,71-,78-/m0/s1. The Kier molecular flexibility index (Phi) is 25.0. The number of rotatable bonds is 34. The lowest BCUT2D eigenvalue weighted by atomic mass is 9.93. The molecular formula is C78H90N12O16. The molecule has 4 aromatic carbocycles. The van der Waals surface area contributed by atoms with Gasteiger partial charge < -0.3 is 60.6 Å². The van der Waals surface area contributed by atoms with Crippen molar-refractivity contribution in [1.29, 1.82) is 0 Å². The summed E-state index contributed by atoms with van der Waals surface area (Å²) in [6.45, 7) is 13.1. The number of ether oxygens (including phenoxy) is 4. The van der Waals surface area contributed by atoms with Crippen LogP contribution in [0.25, 0.3) is 11.1 Å². The second-order valence-electron chi connectivity index (χ2n) is 27.7. The number of hydrogen-bond donors (Lipinski definition) is 6. The van der Waals surface area contributed by atoms with E-state index in [1.54, 1.807) is 125 Å². The van der Waals surface area contributed by atoms with Gasteiger partial charge in [0.25, 0.3) is 35.4 Å². The number of anilines is 2. The fourth-order valence-corrected chi connectivity index (χ4v) is 12.9. The van der Waals surface area contributed by atoms with E-state index in [2.05, 4.69) is 31.9 Å². The highest BCUT2D eigenvalue weighted by Gasteiger charge is 2.43. The van der Waals surface area contributed by atoms with Gasteiger partial charge in [0.15, 0.2) is 23.0 Å². The molecule has 0 radical (unpaired) electrons. The summed E-state index contributed by atoms with van der Waals surface area (Å²) >= 11 is 0. The second kappa shape index (κ2) is 34.3. The van der Waals surface area contributed by atoms with Gasteiger partial charge in [-0.3, -0.25) is 77.3 Å². The molecule has 106 heavy (non-hydrogen) atoms. The maximum absolute atomic E-state index is 14.4. The first-order valence-electron chi connectivity index (χ1n) is 35.7. The van der Waals surface area contributed by atoms with E-state index in [9.17, 15) is 57.5 Å². The summed E-state index contributed by atoms with van der Waals surface area (Å²) in [4.78, 5) is 170. The van der Waals surface area contributed by atoms with Crippen LogP contribution in [-0.2, 0) is 47.9 Å². The van der Waals surface area contributed by atoms with Crippen molar-refractivity contribution in [3.8, 4) is 23.0 Å². The molecule has 6 aliphatic heterocycles. The van der Waals surface area contributed by atoms with E-state index >= 15 is 0 Å². The van der Waals surface area contributed by atoms with Crippen LogP contribution in [0.15, 0.2) is 119 Å². The predicted octanol–water partition coefficient (Wildman–Crippen LogP) is 8.02. The van der Waals surface area contributed by atoms with Crippen LogP contribution in [0, 0.1) is 11.8 Å². The van der Waals surface area contributed by atoms with Crippen molar-refractivity contribution < 1.29 is 76.5 Å². The maximum atomic E-state index is 14.4. The number of carbonyl (C=O) groups excluding carboxylic acids is 12. The smallest absolute Gasteiger partial charge is 0.260 e. The number of hydrogen-bond acceptors (Lipinski definition) is 18. The monoisotopic (exact) mass is 1450 g/mol. The molecule has 0 bridgehead atoms. The number of methoxy groups -OCH3 is 2. The van der Waals surface area contributed by atoms with Crippen molar-refractivity contribution in [1.82, 2.24) is 40.9 Å². The average molecular weight is 1450 g/mol. The number of aliphatic imine (C=N–C) groups is 2. The molecule has 0 aliphatic carbocycles. The number of benzene rings is 4. The fourth-order valence-electron chi connectivity index (χ4n) is 12.9. The molecule has 6 atom stereocenters. The largest absolute Gasteiger partial charge is 0.493 e. The van der Waals surface area contributed by atoms with Crippen LogP contribution in [0.1, 0.15) is 151 Å². The van der Waals surface area contributed by atoms with Crippen molar-refractivity contribution in [3.05, 3.63) is 132 Å². The molecule has 28 heteroatoms. The zero-order valence-electron chi connectivity index (χ0n) is 60.9. The van der Waals surface area contributed by atoms with E-state index < -0.39 is 59.4 Å². The van der Waals surface area contributed by atoms with Gasteiger partial charge in [0, 0.05) is 118 Å².